The minimum absolute atomic E-state index is 0.0484. The average Bonchev–Trinajstić information content (AvgIpc) is 3.63. The summed E-state index contributed by atoms with van der Waals surface area (Å²) in [6.45, 7) is 11.8. The molecular formula is C31H49N3O7. The van der Waals surface area contributed by atoms with Crippen molar-refractivity contribution in [1.82, 2.24) is 14.7 Å². The van der Waals surface area contributed by atoms with Crippen LogP contribution < -0.4 is 14.2 Å². The Bertz CT molecular complexity index is 1060. The number of likely N-dealkylation sites (tertiary alicyclic amines) is 2. The van der Waals surface area contributed by atoms with E-state index < -0.39 is 18.1 Å². The van der Waals surface area contributed by atoms with Crippen LogP contribution >= 0.6 is 0 Å². The number of aliphatic hydroxyl groups excluding tert-OH is 1. The van der Waals surface area contributed by atoms with Crippen LogP contribution in [0.3, 0.4) is 0 Å². The SMILES string of the molecule is CCCCN(CCCC)C(=O)CN1C[C@H](c2cc(OC)c3c(c2)OCO3)[C@@H](C(=O)O)[C@@H]1CCN1CCC(C)(C)C1O. The van der Waals surface area contributed by atoms with E-state index in [0.717, 1.165) is 44.2 Å². The number of aliphatic hydroxyl groups is 1. The Balaban J connectivity index is 1.62. The second-order valence-electron chi connectivity index (χ2n) is 12.4. The Morgan fingerprint density at radius 2 is 1.83 bits per heavy atom. The highest BCUT2D eigenvalue weighted by molar-refractivity contribution is 5.79. The molecule has 10 heteroatoms. The summed E-state index contributed by atoms with van der Waals surface area (Å²) in [5.74, 6) is -0.359. The number of aliphatic carboxylic acids is 1. The normalized spacial score (nSPS) is 25.5. The molecular weight excluding hydrogens is 526 g/mol. The topological polar surface area (TPSA) is 112 Å². The van der Waals surface area contributed by atoms with Gasteiger partial charge in [-0.2, -0.15) is 0 Å². The molecule has 10 nitrogen and oxygen atoms in total. The molecule has 2 N–H and O–H groups in total. The molecule has 3 aliphatic heterocycles. The number of carbonyl (C=O) groups excluding carboxylic acids is 1. The lowest BCUT2D eigenvalue weighted by Gasteiger charge is -2.32. The molecule has 0 spiro atoms. The monoisotopic (exact) mass is 575 g/mol. The molecule has 4 rings (SSSR count). The number of methoxy groups -OCH3 is 1. The number of ether oxygens (including phenoxy) is 3. The minimum Gasteiger partial charge on any atom is -0.493 e. The standard InChI is InChI=1S/C31H49N3O7/c1-6-8-12-32(13-9-7-2)26(35)19-34-18-22(21-16-24(39-5)28-25(17-21)40-20-41-28)27(29(36)37)23(34)10-14-33-15-11-31(3,4)30(33)38/h16-17,22-23,27,30,38H,6-15,18-20H2,1-5H3,(H,36,37)/t22-,23+,27-,30?/m1/s1. The van der Waals surface area contributed by atoms with Gasteiger partial charge >= 0.3 is 5.97 Å². The van der Waals surface area contributed by atoms with Gasteiger partial charge < -0.3 is 29.3 Å². The fraction of sp³-hybridized carbons (Fsp3) is 0.742. The van der Waals surface area contributed by atoms with Crippen molar-refractivity contribution in [3.8, 4) is 17.2 Å². The van der Waals surface area contributed by atoms with E-state index in [1.165, 1.54) is 0 Å². The van der Waals surface area contributed by atoms with Gasteiger partial charge in [-0.05, 0) is 43.4 Å². The van der Waals surface area contributed by atoms with Crippen LogP contribution in [0.15, 0.2) is 12.1 Å². The molecule has 41 heavy (non-hydrogen) atoms. The lowest BCUT2D eigenvalue weighted by molar-refractivity contribution is -0.144. The van der Waals surface area contributed by atoms with E-state index in [-0.39, 0.29) is 36.6 Å². The molecule has 1 unspecified atom stereocenters. The first-order chi connectivity index (χ1) is 19.6. The van der Waals surface area contributed by atoms with E-state index in [1.807, 2.05) is 21.9 Å². The van der Waals surface area contributed by atoms with Gasteiger partial charge in [0.1, 0.15) is 6.23 Å². The van der Waals surface area contributed by atoms with Crippen molar-refractivity contribution in [2.24, 2.45) is 11.3 Å². The molecule has 0 aromatic heterocycles. The molecule has 0 radical (unpaired) electrons. The number of hydrogen-bond donors (Lipinski definition) is 2. The van der Waals surface area contributed by atoms with Gasteiger partial charge in [0.2, 0.25) is 18.4 Å². The average molecular weight is 576 g/mol. The quantitative estimate of drug-likeness (QED) is 0.342. The van der Waals surface area contributed by atoms with Gasteiger partial charge in [-0.25, -0.2) is 0 Å². The molecule has 1 amide bonds. The fourth-order valence-corrected chi connectivity index (χ4v) is 6.60. The molecule has 1 aromatic carbocycles. The second-order valence-corrected chi connectivity index (χ2v) is 12.4. The number of nitrogens with zero attached hydrogens (tertiary/aromatic N) is 3. The molecule has 0 bridgehead atoms. The third-order valence-electron chi connectivity index (χ3n) is 9.20. The summed E-state index contributed by atoms with van der Waals surface area (Å²) in [7, 11) is 1.56. The fourth-order valence-electron chi connectivity index (χ4n) is 6.60. The van der Waals surface area contributed by atoms with Crippen molar-refractivity contribution in [3.63, 3.8) is 0 Å². The lowest BCUT2D eigenvalue weighted by atomic mass is 9.84. The van der Waals surface area contributed by atoms with E-state index >= 15 is 0 Å². The molecule has 0 saturated carbocycles. The molecule has 3 aliphatic rings. The van der Waals surface area contributed by atoms with Crippen molar-refractivity contribution in [2.45, 2.75) is 84.4 Å². The maximum atomic E-state index is 13.7. The van der Waals surface area contributed by atoms with Crippen molar-refractivity contribution in [2.75, 3.05) is 53.2 Å². The van der Waals surface area contributed by atoms with E-state index in [2.05, 4.69) is 32.6 Å². The maximum absolute atomic E-state index is 13.7. The van der Waals surface area contributed by atoms with Gasteiger partial charge in [-0.15, -0.1) is 0 Å². The van der Waals surface area contributed by atoms with Gasteiger partial charge in [-0.1, -0.05) is 40.5 Å². The van der Waals surface area contributed by atoms with Gasteiger partial charge in [0, 0.05) is 50.1 Å². The summed E-state index contributed by atoms with van der Waals surface area (Å²) in [4.78, 5) is 32.6. The molecule has 2 saturated heterocycles. The third kappa shape index (κ3) is 6.92. The lowest BCUT2D eigenvalue weighted by Crippen LogP contribution is -2.46. The number of fused-ring (bicyclic) bond motifs is 1. The van der Waals surface area contributed by atoms with Gasteiger partial charge in [0.15, 0.2) is 11.5 Å². The zero-order valence-electron chi connectivity index (χ0n) is 25.4. The van der Waals surface area contributed by atoms with Gasteiger partial charge in [-0.3, -0.25) is 19.4 Å². The van der Waals surface area contributed by atoms with Crippen LogP contribution in [0.5, 0.6) is 17.2 Å². The van der Waals surface area contributed by atoms with Crippen molar-refractivity contribution < 1.29 is 34.0 Å². The van der Waals surface area contributed by atoms with Crippen molar-refractivity contribution in [1.29, 1.82) is 0 Å². The van der Waals surface area contributed by atoms with E-state index in [1.54, 1.807) is 7.11 Å². The Kier molecular flexibility index (Phi) is 10.4. The Morgan fingerprint density at radius 1 is 1.12 bits per heavy atom. The molecule has 0 aliphatic carbocycles. The van der Waals surface area contributed by atoms with Gasteiger partial charge in [0.05, 0.1) is 19.6 Å². The number of rotatable bonds is 14. The number of unbranched alkanes of at least 4 members (excludes halogenated alkanes) is 2. The Hall–Kier alpha value is -2.56. The Morgan fingerprint density at radius 3 is 2.41 bits per heavy atom. The van der Waals surface area contributed by atoms with Gasteiger partial charge in [0.25, 0.3) is 0 Å². The van der Waals surface area contributed by atoms with Crippen LogP contribution in [0.2, 0.25) is 0 Å². The first kappa shape index (κ1) is 31.4. The number of carbonyl (C=O) groups is 2. The van der Waals surface area contributed by atoms with E-state index in [4.69, 9.17) is 14.2 Å². The summed E-state index contributed by atoms with van der Waals surface area (Å²) in [5.41, 5.74) is 0.594. The van der Waals surface area contributed by atoms with Crippen LogP contribution in [0.25, 0.3) is 0 Å². The summed E-state index contributed by atoms with van der Waals surface area (Å²) in [5, 5.41) is 21.5. The van der Waals surface area contributed by atoms with E-state index in [0.29, 0.717) is 49.8 Å². The summed E-state index contributed by atoms with van der Waals surface area (Å²) >= 11 is 0. The number of hydrogen-bond acceptors (Lipinski definition) is 8. The van der Waals surface area contributed by atoms with Crippen molar-refractivity contribution in [3.05, 3.63) is 17.7 Å². The summed E-state index contributed by atoms with van der Waals surface area (Å²) in [6, 6.07) is 3.33. The number of carboxylic acid groups (broad SMARTS) is 1. The number of benzene rings is 1. The molecule has 2 fully saturated rings. The molecule has 1 aromatic rings. The summed E-state index contributed by atoms with van der Waals surface area (Å²) in [6.07, 6.45) is 4.75. The zero-order valence-corrected chi connectivity index (χ0v) is 25.4. The zero-order chi connectivity index (χ0) is 29.7. The van der Waals surface area contributed by atoms with Crippen LogP contribution in [0.1, 0.15) is 77.7 Å². The third-order valence-corrected chi connectivity index (χ3v) is 9.20. The first-order valence-corrected chi connectivity index (χ1v) is 15.3. The van der Waals surface area contributed by atoms with Crippen LogP contribution in [0.4, 0.5) is 0 Å². The molecule has 4 atom stereocenters. The number of carboxylic acids is 1. The van der Waals surface area contributed by atoms with Crippen LogP contribution in [-0.4, -0.2) is 102 Å². The predicted octanol–water partition coefficient (Wildman–Crippen LogP) is 3.76. The first-order valence-electron chi connectivity index (χ1n) is 15.3. The highest BCUT2D eigenvalue weighted by Crippen LogP contribution is 2.47. The maximum Gasteiger partial charge on any atom is 0.308 e. The number of amides is 1. The van der Waals surface area contributed by atoms with Crippen molar-refractivity contribution >= 4 is 11.9 Å². The molecule has 3 heterocycles. The highest BCUT2D eigenvalue weighted by atomic mass is 16.7. The van der Waals surface area contributed by atoms with Crippen LogP contribution in [0, 0.1) is 11.3 Å². The highest BCUT2D eigenvalue weighted by Gasteiger charge is 2.48. The largest absolute Gasteiger partial charge is 0.493 e. The smallest absolute Gasteiger partial charge is 0.308 e. The van der Waals surface area contributed by atoms with E-state index in [9.17, 15) is 19.8 Å². The predicted molar refractivity (Wildman–Crippen MR) is 155 cm³/mol. The van der Waals surface area contributed by atoms with Crippen LogP contribution in [-0.2, 0) is 9.59 Å². The molecule has 230 valence electrons. The Labute approximate surface area is 244 Å². The summed E-state index contributed by atoms with van der Waals surface area (Å²) < 4.78 is 16.8. The minimum atomic E-state index is -0.886. The second kappa shape index (κ2) is 13.6.